The normalized spacial score (nSPS) is 30.5. The summed E-state index contributed by atoms with van der Waals surface area (Å²) in [7, 11) is 4.45. The average Bonchev–Trinajstić information content (AvgIpc) is 3.42. The number of ether oxygens (including phenoxy) is 6. The van der Waals surface area contributed by atoms with E-state index in [2.05, 4.69) is 0 Å². The third kappa shape index (κ3) is 4.13. The topological polar surface area (TPSA) is 89.5 Å². The lowest BCUT2D eigenvalue weighted by atomic mass is 9.59. The van der Waals surface area contributed by atoms with Crippen LogP contribution in [0.25, 0.3) is 0 Å². The Morgan fingerprint density at radius 2 is 1.89 bits per heavy atom. The van der Waals surface area contributed by atoms with Gasteiger partial charge in [-0.25, -0.2) is 0 Å². The average molecular weight is 509 g/mol. The second-order valence-electron chi connectivity index (χ2n) is 9.67. The maximum Gasteiger partial charge on any atom is 0.319 e. The molecule has 0 amide bonds. The zero-order chi connectivity index (χ0) is 26.0. The Kier molecular flexibility index (Phi) is 7.07. The first-order valence-corrected chi connectivity index (χ1v) is 12.4. The molecular formula is C29H32O8. The minimum Gasteiger partial charge on any atom is -0.497 e. The van der Waals surface area contributed by atoms with Crippen molar-refractivity contribution in [2.45, 2.75) is 30.8 Å². The van der Waals surface area contributed by atoms with Gasteiger partial charge in [0.1, 0.15) is 17.1 Å². The van der Waals surface area contributed by atoms with Gasteiger partial charge < -0.3 is 28.4 Å². The highest BCUT2D eigenvalue weighted by Gasteiger charge is 2.76. The maximum absolute atomic E-state index is 13.9. The maximum atomic E-state index is 13.9. The minimum absolute atomic E-state index is 0.148. The molecule has 2 aromatic carbocycles. The van der Waals surface area contributed by atoms with Crippen molar-refractivity contribution in [2.75, 3.05) is 34.5 Å². The molecule has 6 atom stereocenters. The molecule has 0 N–H and O–H groups in total. The first kappa shape index (κ1) is 25.4. The highest BCUT2D eigenvalue weighted by Crippen LogP contribution is 2.64. The minimum atomic E-state index is -1.55. The van der Waals surface area contributed by atoms with E-state index < -0.39 is 41.1 Å². The Balaban J connectivity index is 1.52. The predicted molar refractivity (Wildman–Crippen MR) is 133 cm³/mol. The van der Waals surface area contributed by atoms with Crippen molar-refractivity contribution < 1.29 is 38.0 Å². The van der Waals surface area contributed by atoms with Gasteiger partial charge in [0.05, 0.1) is 39.5 Å². The van der Waals surface area contributed by atoms with Crippen LogP contribution in [0.3, 0.4) is 0 Å². The van der Waals surface area contributed by atoms with E-state index in [1.165, 1.54) is 7.11 Å². The highest BCUT2D eigenvalue weighted by atomic mass is 16.7. The van der Waals surface area contributed by atoms with Crippen LogP contribution < -0.4 is 4.74 Å². The van der Waals surface area contributed by atoms with Crippen LogP contribution in [0.4, 0.5) is 0 Å². The summed E-state index contributed by atoms with van der Waals surface area (Å²) in [5.41, 5.74) is 0.535. The number of benzene rings is 2. The number of carbonyl (C=O) groups excluding carboxylic acids is 2. The lowest BCUT2D eigenvalue weighted by Crippen LogP contribution is -2.53. The van der Waals surface area contributed by atoms with Crippen LogP contribution in [0.1, 0.15) is 23.5 Å². The van der Waals surface area contributed by atoms with Gasteiger partial charge in [-0.05, 0) is 29.7 Å². The van der Waals surface area contributed by atoms with Crippen LogP contribution in [0.15, 0.2) is 66.7 Å². The Hall–Kier alpha value is -3.20. The largest absolute Gasteiger partial charge is 0.497 e. The molecule has 1 unspecified atom stereocenters. The van der Waals surface area contributed by atoms with Crippen LogP contribution in [-0.4, -0.2) is 58.4 Å². The van der Waals surface area contributed by atoms with Gasteiger partial charge in [0.15, 0.2) is 0 Å². The number of esters is 2. The van der Waals surface area contributed by atoms with Crippen molar-refractivity contribution in [3.05, 3.63) is 77.9 Å². The van der Waals surface area contributed by atoms with Crippen molar-refractivity contribution in [1.82, 2.24) is 0 Å². The molecule has 2 saturated heterocycles. The molecule has 1 aliphatic carbocycles. The van der Waals surface area contributed by atoms with E-state index in [9.17, 15) is 9.59 Å². The van der Waals surface area contributed by atoms with Crippen molar-refractivity contribution in [3.63, 3.8) is 0 Å². The van der Waals surface area contributed by atoms with Gasteiger partial charge >= 0.3 is 11.9 Å². The third-order valence-corrected chi connectivity index (χ3v) is 7.88. The van der Waals surface area contributed by atoms with E-state index in [0.717, 1.165) is 5.56 Å². The Morgan fingerprint density at radius 3 is 2.62 bits per heavy atom. The lowest BCUT2D eigenvalue weighted by Gasteiger charge is -2.42. The van der Waals surface area contributed by atoms with Crippen LogP contribution in [0.5, 0.6) is 5.75 Å². The first-order valence-electron chi connectivity index (χ1n) is 12.4. The van der Waals surface area contributed by atoms with Crippen LogP contribution in [0, 0.1) is 17.3 Å². The summed E-state index contributed by atoms with van der Waals surface area (Å²) in [6.45, 7) is 1.03. The quantitative estimate of drug-likeness (QED) is 0.273. The Bertz CT molecular complexity index is 1160. The zero-order valence-corrected chi connectivity index (χ0v) is 21.3. The Labute approximate surface area is 216 Å². The van der Waals surface area contributed by atoms with Gasteiger partial charge in [-0.2, -0.15) is 0 Å². The van der Waals surface area contributed by atoms with Gasteiger partial charge in [0, 0.05) is 19.6 Å². The fraction of sp³-hybridized carbons (Fsp3) is 0.448. The van der Waals surface area contributed by atoms with Crippen molar-refractivity contribution in [1.29, 1.82) is 0 Å². The molecule has 2 heterocycles. The molecular weight excluding hydrogens is 476 g/mol. The molecule has 2 fully saturated rings. The molecule has 8 nitrogen and oxygen atoms in total. The molecule has 0 radical (unpaired) electrons. The van der Waals surface area contributed by atoms with Gasteiger partial charge in [0.2, 0.25) is 5.79 Å². The number of rotatable bonds is 10. The summed E-state index contributed by atoms with van der Waals surface area (Å²) in [4.78, 5) is 27.2. The molecule has 37 heavy (non-hydrogen) atoms. The van der Waals surface area contributed by atoms with E-state index in [4.69, 9.17) is 28.4 Å². The lowest BCUT2D eigenvalue weighted by molar-refractivity contribution is -0.218. The Morgan fingerprint density at radius 1 is 1.08 bits per heavy atom. The van der Waals surface area contributed by atoms with Gasteiger partial charge in [-0.3, -0.25) is 9.59 Å². The third-order valence-electron chi connectivity index (χ3n) is 7.88. The predicted octanol–water partition coefficient (Wildman–Crippen LogP) is 3.65. The smallest absolute Gasteiger partial charge is 0.319 e. The standard InChI is InChI=1S/C29H32O8/c1-32-22-11-7-10-20(16-22)24(26(30)34-3)29-25-21(18-36-29)12-13-23(33-2)28(25,27(31)37-29)14-15-35-17-19-8-5-4-6-9-19/h4-13,16,21,23-25H,14-15,17-18H2,1-3H3/t21-,23-,24?,25+,28-,29-/m0/s1. The van der Waals surface area contributed by atoms with E-state index in [0.29, 0.717) is 37.6 Å². The highest BCUT2D eigenvalue weighted by molar-refractivity contribution is 5.86. The first-order chi connectivity index (χ1) is 18.0. The van der Waals surface area contributed by atoms with Crippen molar-refractivity contribution in [3.8, 4) is 5.75 Å². The number of hydrogen-bond donors (Lipinski definition) is 0. The van der Waals surface area contributed by atoms with E-state index in [-0.39, 0.29) is 5.92 Å². The molecule has 5 rings (SSSR count). The van der Waals surface area contributed by atoms with Crippen LogP contribution in [0.2, 0.25) is 0 Å². The SMILES string of the molecule is COC(=O)C(c1cccc(OC)c1)[C@]12OC[C@@H]3C=C[C@H](OC)[C@](CCOCc4ccccc4)(C(=O)O1)[C@@H]32. The van der Waals surface area contributed by atoms with Gasteiger partial charge in [0.25, 0.3) is 0 Å². The fourth-order valence-electron chi connectivity index (χ4n) is 6.27. The molecule has 0 spiro atoms. The van der Waals surface area contributed by atoms with E-state index in [1.54, 1.807) is 38.5 Å². The fourth-order valence-corrected chi connectivity index (χ4v) is 6.27. The molecule has 196 valence electrons. The number of hydrogen-bond acceptors (Lipinski definition) is 8. The van der Waals surface area contributed by atoms with Crippen molar-refractivity contribution in [2.24, 2.45) is 17.3 Å². The zero-order valence-electron chi connectivity index (χ0n) is 21.3. The van der Waals surface area contributed by atoms with Gasteiger partial charge in [-0.1, -0.05) is 54.6 Å². The summed E-state index contributed by atoms with van der Waals surface area (Å²) in [5.74, 6) is -3.65. The molecule has 8 heteroatoms. The molecule has 2 aromatic rings. The molecule has 0 aromatic heterocycles. The summed E-state index contributed by atoms with van der Waals surface area (Å²) < 4.78 is 34.9. The van der Waals surface area contributed by atoms with E-state index >= 15 is 0 Å². The van der Waals surface area contributed by atoms with Gasteiger partial charge in [-0.15, -0.1) is 0 Å². The molecule has 2 aliphatic heterocycles. The second-order valence-corrected chi connectivity index (χ2v) is 9.67. The monoisotopic (exact) mass is 508 g/mol. The van der Waals surface area contributed by atoms with Crippen LogP contribution >= 0.6 is 0 Å². The van der Waals surface area contributed by atoms with E-state index in [1.807, 2.05) is 42.5 Å². The summed E-state index contributed by atoms with van der Waals surface area (Å²) in [6.07, 6.45) is 3.70. The summed E-state index contributed by atoms with van der Waals surface area (Å²) in [6, 6.07) is 17.0. The molecule has 3 aliphatic rings. The van der Waals surface area contributed by atoms with Crippen molar-refractivity contribution >= 4 is 11.9 Å². The molecule has 0 saturated carbocycles. The summed E-state index contributed by atoms with van der Waals surface area (Å²) >= 11 is 0. The summed E-state index contributed by atoms with van der Waals surface area (Å²) in [5, 5.41) is 0. The molecule has 0 bridgehead atoms. The van der Waals surface area contributed by atoms with Crippen LogP contribution in [-0.2, 0) is 39.9 Å². The number of methoxy groups -OCH3 is 3. The number of carbonyl (C=O) groups is 2. The second kappa shape index (κ2) is 10.3.